The molecule has 0 saturated heterocycles. The van der Waals surface area contributed by atoms with Gasteiger partial charge in [-0.2, -0.15) is 5.10 Å². The molecule has 1 aromatic rings. The Kier molecular flexibility index (Phi) is 1.34. The number of aromatic amines is 1. The summed E-state index contributed by atoms with van der Waals surface area (Å²) >= 11 is 0. The molecule has 0 atom stereocenters. The third-order valence-corrected chi connectivity index (χ3v) is 2.05. The van der Waals surface area contributed by atoms with E-state index < -0.39 is 0 Å². The van der Waals surface area contributed by atoms with Crippen LogP contribution in [0.25, 0.3) is 0 Å². The molecule has 1 heterocycles. The highest BCUT2D eigenvalue weighted by Crippen LogP contribution is 2.38. The van der Waals surface area contributed by atoms with Crippen molar-refractivity contribution in [3.63, 3.8) is 0 Å². The zero-order chi connectivity index (χ0) is 7.84. The molecule has 4 heteroatoms. The van der Waals surface area contributed by atoms with E-state index in [1.54, 1.807) is 4.57 Å². The van der Waals surface area contributed by atoms with Crippen molar-refractivity contribution < 1.29 is 0 Å². The first-order valence-corrected chi connectivity index (χ1v) is 3.98. The molecule has 2 rings (SSSR count). The second-order valence-electron chi connectivity index (χ2n) is 2.91. The molecule has 1 aliphatic carbocycles. The molecule has 1 aliphatic rings. The number of rotatable bonds is 2. The first kappa shape index (κ1) is 6.64. The minimum absolute atomic E-state index is 0.0746. The van der Waals surface area contributed by atoms with Crippen LogP contribution in [-0.2, 0) is 6.54 Å². The van der Waals surface area contributed by atoms with Gasteiger partial charge in [0.1, 0.15) is 5.82 Å². The van der Waals surface area contributed by atoms with Gasteiger partial charge in [-0.05, 0) is 19.8 Å². The van der Waals surface area contributed by atoms with Crippen LogP contribution in [0.1, 0.15) is 31.5 Å². The topological polar surface area (TPSA) is 50.7 Å². The average Bonchev–Trinajstić information content (AvgIpc) is 2.76. The minimum atomic E-state index is -0.0746. The zero-order valence-corrected chi connectivity index (χ0v) is 6.50. The van der Waals surface area contributed by atoms with E-state index in [4.69, 9.17) is 0 Å². The van der Waals surface area contributed by atoms with E-state index in [2.05, 4.69) is 10.2 Å². The second kappa shape index (κ2) is 2.22. The van der Waals surface area contributed by atoms with Crippen molar-refractivity contribution in [1.82, 2.24) is 14.8 Å². The maximum absolute atomic E-state index is 11.0. The highest BCUT2D eigenvalue weighted by molar-refractivity contribution is 5.04. The van der Waals surface area contributed by atoms with Gasteiger partial charge in [0.2, 0.25) is 0 Å². The molecule has 0 radical (unpaired) electrons. The maximum Gasteiger partial charge on any atom is 0.343 e. The van der Waals surface area contributed by atoms with Gasteiger partial charge in [0.25, 0.3) is 0 Å². The van der Waals surface area contributed by atoms with Crippen LogP contribution in [0.4, 0.5) is 0 Å². The second-order valence-corrected chi connectivity index (χ2v) is 2.91. The summed E-state index contributed by atoms with van der Waals surface area (Å²) in [5.41, 5.74) is -0.0746. The van der Waals surface area contributed by atoms with Gasteiger partial charge in [0.05, 0.1) is 0 Å². The molecule has 11 heavy (non-hydrogen) atoms. The van der Waals surface area contributed by atoms with Crippen LogP contribution in [0.5, 0.6) is 0 Å². The van der Waals surface area contributed by atoms with E-state index in [1.165, 1.54) is 12.8 Å². The molecule has 1 fully saturated rings. The molecule has 0 amide bonds. The van der Waals surface area contributed by atoms with E-state index in [-0.39, 0.29) is 5.69 Å². The van der Waals surface area contributed by atoms with Crippen LogP contribution < -0.4 is 5.69 Å². The van der Waals surface area contributed by atoms with Gasteiger partial charge in [-0.25, -0.2) is 9.89 Å². The summed E-state index contributed by atoms with van der Waals surface area (Å²) in [5, 5.41) is 6.44. The highest BCUT2D eigenvalue weighted by Gasteiger charge is 2.28. The summed E-state index contributed by atoms with van der Waals surface area (Å²) in [6.45, 7) is 2.68. The highest BCUT2D eigenvalue weighted by atomic mass is 16.1. The minimum Gasteiger partial charge on any atom is -0.279 e. The zero-order valence-electron chi connectivity index (χ0n) is 6.50. The van der Waals surface area contributed by atoms with Gasteiger partial charge in [0, 0.05) is 12.5 Å². The number of hydrogen-bond acceptors (Lipinski definition) is 2. The summed E-state index contributed by atoms with van der Waals surface area (Å²) in [6, 6.07) is 0. The predicted molar refractivity (Wildman–Crippen MR) is 40.5 cm³/mol. The fourth-order valence-electron chi connectivity index (χ4n) is 1.29. The van der Waals surface area contributed by atoms with Gasteiger partial charge in [-0.15, -0.1) is 0 Å². The quantitative estimate of drug-likeness (QED) is 0.671. The molecule has 1 N–H and O–H groups in total. The lowest BCUT2D eigenvalue weighted by molar-refractivity contribution is 0.679. The Morgan fingerprint density at radius 2 is 2.45 bits per heavy atom. The van der Waals surface area contributed by atoms with Gasteiger partial charge >= 0.3 is 5.69 Å². The lowest BCUT2D eigenvalue weighted by atomic mass is 10.4. The Morgan fingerprint density at radius 3 is 3.00 bits per heavy atom. The van der Waals surface area contributed by atoms with Crippen molar-refractivity contribution in [2.24, 2.45) is 0 Å². The van der Waals surface area contributed by atoms with E-state index in [1.807, 2.05) is 6.92 Å². The first-order valence-electron chi connectivity index (χ1n) is 3.98. The average molecular weight is 153 g/mol. The molecular formula is C7H11N3O. The van der Waals surface area contributed by atoms with E-state index >= 15 is 0 Å². The first-order chi connectivity index (χ1) is 5.33. The van der Waals surface area contributed by atoms with Crippen molar-refractivity contribution in [3.8, 4) is 0 Å². The van der Waals surface area contributed by atoms with Crippen LogP contribution in [0, 0.1) is 0 Å². The van der Waals surface area contributed by atoms with Crippen LogP contribution >= 0.6 is 0 Å². The van der Waals surface area contributed by atoms with Crippen molar-refractivity contribution in [2.75, 3.05) is 0 Å². The largest absolute Gasteiger partial charge is 0.343 e. The molecule has 0 aromatic carbocycles. The Balaban J connectivity index is 2.44. The Morgan fingerprint density at radius 1 is 1.73 bits per heavy atom. The summed E-state index contributed by atoms with van der Waals surface area (Å²) in [7, 11) is 0. The Labute approximate surface area is 64.2 Å². The molecule has 4 nitrogen and oxygen atoms in total. The molecule has 0 unspecified atom stereocenters. The summed E-state index contributed by atoms with van der Waals surface area (Å²) < 4.78 is 1.71. The van der Waals surface area contributed by atoms with Crippen molar-refractivity contribution >= 4 is 0 Å². The SMILES string of the molecule is CCn1c(C2CC2)n[nH]c1=O. The van der Waals surface area contributed by atoms with Gasteiger partial charge in [0.15, 0.2) is 0 Å². The fraction of sp³-hybridized carbons (Fsp3) is 0.714. The molecule has 0 aliphatic heterocycles. The summed E-state index contributed by atoms with van der Waals surface area (Å²) in [4.78, 5) is 11.0. The Bertz CT molecular complexity index is 308. The van der Waals surface area contributed by atoms with Crippen LogP contribution in [0.2, 0.25) is 0 Å². The molecule has 1 saturated carbocycles. The summed E-state index contributed by atoms with van der Waals surface area (Å²) in [5.74, 6) is 1.49. The van der Waals surface area contributed by atoms with Crippen LogP contribution in [0.15, 0.2) is 4.79 Å². The third-order valence-electron chi connectivity index (χ3n) is 2.05. The third kappa shape index (κ3) is 0.982. The van der Waals surface area contributed by atoms with E-state index in [9.17, 15) is 4.79 Å². The monoisotopic (exact) mass is 153 g/mol. The van der Waals surface area contributed by atoms with Crippen molar-refractivity contribution in [1.29, 1.82) is 0 Å². The number of H-pyrrole nitrogens is 1. The Hall–Kier alpha value is -1.06. The maximum atomic E-state index is 11.0. The molecule has 1 aromatic heterocycles. The van der Waals surface area contributed by atoms with Gasteiger partial charge in [-0.3, -0.25) is 4.57 Å². The van der Waals surface area contributed by atoms with E-state index in [0.717, 1.165) is 12.4 Å². The predicted octanol–water partition coefficient (Wildman–Crippen LogP) is 0.469. The molecule has 0 bridgehead atoms. The molecular weight excluding hydrogens is 142 g/mol. The molecule has 60 valence electrons. The normalized spacial score (nSPS) is 17.2. The van der Waals surface area contributed by atoms with Crippen LogP contribution in [0.3, 0.4) is 0 Å². The van der Waals surface area contributed by atoms with Crippen molar-refractivity contribution in [2.45, 2.75) is 32.2 Å². The number of aromatic nitrogens is 3. The number of hydrogen-bond donors (Lipinski definition) is 1. The smallest absolute Gasteiger partial charge is 0.279 e. The molecule has 0 spiro atoms. The lowest BCUT2D eigenvalue weighted by Gasteiger charge is -1.97. The standard InChI is InChI=1S/C7H11N3O/c1-2-10-6(5-3-4-5)8-9-7(10)11/h5H,2-4H2,1H3,(H,9,11). The summed E-state index contributed by atoms with van der Waals surface area (Å²) in [6.07, 6.45) is 2.37. The number of nitrogens with zero attached hydrogens (tertiary/aromatic N) is 2. The number of nitrogens with one attached hydrogen (secondary N) is 1. The van der Waals surface area contributed by atoms with Gasteiger partial charge in [-0.1, -0.05) is 0 Å². The lowest BCUT2D eigenvalue weighted by Crippen LogP contribution is -2.17. The van der Waals surface area contributed by atoms with Crippen LogP contribution in [-0.4, -0.2) is 14.8 Å². The van der Waals surface area contributed by atoms with Gasteiger partial charge < -0.3 is 0 Å². The van der Waals surface area contributed by atoms with Crippen molar-refractivity contribution in [3.05, 3.63) is 16.3 Å². The fourth-order valence-corrected chi connectivity index (χ4v) is 1.29. The van der Waals surface area contributed by atoms with E-state index in [0.29, 0.717) is 5.92 Å².